The lowest BCUT2D eigenvalue weighted by atomic mass is 10.2. The maximum Gasteiger partial charge on any atom is 0.387 e. The van der Waals surface area contributed by atoms with Crippen LogP contribution in [0.3, 0.4) is 0 Å². The summed E-state index contributed by atoms with van der Waals surface area (Å²) in [6.45, 7) is -2.32. The van der Waals surface area contributed by atoms with Gasteiger partial charge in [-0.15, -0.1) is 24.0 Å². The second-order valence-corrected chi connectivity index (χ2v) is 5.24. The van der Waals surface area contributed by atoms with Crippen molar-refractivity contribution in [3.8, 4) is 11.5 Å². The van der Waals surface area contributed by atoms with E-state index in [1.54, 1.807) is 33.3 Å². The van der Waals surface area contributed by atoms with Crippen molar-refractivity contribution in [1.82, 2.24) is 15.5 Å². The second-order valence-electron chi connectivity index (χ2n) is 5.24. The van der Waals surface area contributed by atoms with Crippen molar-refractivity contribution in [3.05, 3.63) is 23.8 Å². The Morgan fingerprint density at radius 1 is 1.31 bits per heavy atom. The van der Waals surface area contributed by atoms with Gasteiger partial charge in [0.05, 0.1) is 7.11 Å². The fraction of sp³-hybridized carbons (Fsp3) is 0.500. The number of amides is 1. The number of guanidine groups is 1. The van der Waals surface area contributed by atoms with Gasteiger partial charge in [0.1, 0.15) is 11.5 Å². The number of methoxy groups -OCH3 is 1. The molecule has 0 aliphatic rings. The number of rotatable bonds is 8. The molecule has 0 bridgehead atoms. The first kappa shape index (κ1) is 24.1. The van der Waals surface area contributed by atoms with Crippen LogP contribution in [-0.4, -0.2) is 58.2 Å². The van der Waals surface area contributed by atoms with Crippen LogP contribution in [0.5, 0.6) is 11.5 Å². The van der Waals surface area contributed by atoms with Gasteiger partial charge in [0, 0.05) is 46.2 Å². The number of alkyl halides is 2. The minimum absolute atomic E-state index is 0. The molecule has 1 rings (SSSR count). The maximum atomic E-state index is 12.5. The molecule has 0 atom stereocenters. The first-order chi connectivity index (χ1) is 11.9. The average Bonchev–Trinajstić information content (AvgIpc) is 2.58. The van der Waals surface area contributed by atoms with Crippen LogP contribution in [0.15, 0.2) is 23.2 Å². The number of aliphatic imine (C=N–C) groups is 1. The van der Waals surface area contributed by atoms with Gasteiger partial charge >= 0.3 is 6.61 Å². The molecule has 10 heteroatoms. The highest BCUT2D eigenvalue weighted by Crippen LogP contribution is 2.25. The second kappa shape index (κ2) is 12.5. The molecule has 0 radical (unpaired) electrons. The summed E-state index contributed by atoms with van der Waals surface area (Å²) in [6.07, 6.45) is 0.312. The Morgan fingerprint density at radius 2 is 2.00 bits per heavy atom. The zero-order chi connectivity index (χ0) is 18.8. The number of benzene rings is 1. The molecule has 148 valence electrons. The Morgan fingerprint density at radius 3 is 2.54 bits per heavy atom. The minimum atomic E-state index is -2.92. The number of nitrogens with one attached hydrogen (secondary N) is 2. The van der Waals surface area contributed by atoms with E-state index in [1.165, 1.54) is 18.1 Å². The first-order valence-electron chi connectivity index (χ1n) is 7.63. The van der Waals surface area contributed by atoms with E-state index in [9.17, 15) is 13.6 Å². The maximum absolute atomic E-state index is 12.5. The lowest BCUT2D eigenvalue weighted by Gasteiger charge is -2.16. The van der Waals surface area contributed by atoms with E-state index in [1.807, 2.05) is 0 Å². The van der Waals surface area contributed by atoms with E-state index < -0.39 is 6.61 Å². The average molecular weight is 486 g/mol. The highest BCUT2D eigenvalue weighted by Gasteiger charge is 2.12. The minimum Gasteiger partial charge on any atom is -0.497 e. The largest absolute Gasteiger partial charge is 0.497 e. The summed E-state index contributed by atoms with van der Waals surface area (Å²) < 4.78 is 34.6. The summed E-state index contributed by atoms with van der Waals surface area (Å²) in [4.78, 5) is 17.1. The molecule has 0 saturated carbocycles. The Labute approximate surface area is 169 Å². The zero-order valence-electron chi connectivity index (χ0n) is 15.2. The zero-order valence-corrected chi connectivity index (χ0v) is 17.5. The predicted octanol–water partition coefficient (Wildman–Crippen LogP) is 2.06. The Kier molecular flexibility index (Phi) is 11.6. The van der Waals surface area contributed by atoms with Crippen molar-refractivity contribution < 1.29 is 23.0 Å². The molecular formula is C16H25F2IN4O3. The van der Waals surface area contributed by atoms with E-state index in [-0.39, 0.29) is 42.2 Å². The lowest BCUT2D eigenvalue weighted by Crippen LogP contribution is -2.38. The van der Waals surface area contributed by atoms with Crippen LogP contribution in [0, 0.1) is 0 Å². The summed E-state index contributed by atoms with van der Waals surface area (Å²) in [5.41, 5.74) is 0.493. The van der Waals surface area contributed by atoms with E-state index in [2.05, 4.69) is 20.4 Å². The van der Waals surface area contributed by atoms with Crippen molar-refractivity contribution in [1.29, 1.82) is 0 Å². The smallest absolute Gasteiger partial charge is 0.387 e. The van der Waals surface area contributed by atoms with Gasteiger partial charge in [-0.3, -0.25) is 9.79 Å². The predicted molar refractivity (Wildman–Crippen MR) is 107 cm³/mol. The van der Waals surface area contributed by atoms with Crippen molar-refractivity contribution in [2.45, 2.75) is 19.6 Å². The van der Waals surface area contributed by atoms with Gasteiger partial charge in [0.25, 0.3) is 0 Å². The third kappa shape index (κ3) is 8.50. The molecule has 0 unspecified atom stereocenters. The van der Waals surface area contributed by atoms with E-state index in [0.29, 0.717) is 30.2 Å². The quantitative estimate of drug-likeness (QED) is 0.335. The summed E-state index contributed by atoms with van der Waals surface area (Å²) in [7, 11) is 6.43. The first-order valence-corrected chi connectivity index (χ1v) is 7.63. The SMILES string of the molecule is CN=C(NCCC(=O)N(C)C)NCc1cc(OC)ccc1OC(F)F.I. The number of hydrogen-bond donors (Lipinski definition) is 2. The van der Waals surface area contributed by atoms with Gasteiger partial charge < -0.3 is 25.0 Å². The molecule has 0 aliphatic heterocycles. The van der Waals surface area contributed by atoms with Crippen molar-refractivity contribution in [3.63, 3.8) is 0 Å². The van der Waals surface area contributed by atoms with Crippen molar-refractivity contribution >= 4 is 35.8 Å². The molecule has 0 heterocycles. The molecule has 1 aromatic rings. The van der Waals surface area contributed by atoms with Gasteiger partial charge in [0.15, 0.2) is 5.96 Å². The van der Waals surface area contributed by atoms with E-state index in [0.717, 1.165) is 0 Å². The molecule has 0 aliphatic carbocycles. The third-order valence-electron chi connectivity index (χ3n) is 3.28. The molecule has 0 spiro atoms. The summed E-state index contributed by atoms with van der Waals surface area (Å²) >= 11 is 0. The van der Waals surface area contributed by atoms with Gasteiger partial charge in [-0.25, -0.2) is 0 Å². The van der Waals surface area contributed by atoms with Crippen LogP contribution in [-0.2, 0) is 11.3 Å². The number of halogens is 3. The molecule has 7 nitrogen and oxygen atoms in total. The third-order valence-corrected chi connectivity index (χ3v) is 3.28. The van der Waals surface area contributed by atoms with E-state index >= 15 is 0 Å². The number of nitrogens with zero attached hydrogens (tertiary/aromatic N) is 2. The fourth-order valence-electron chi connectivity index (χ4n) is 1.94. The molecular weight excluding hydrogens is 461 g/mol. The molecule has 0 aromatic heterocycles. The summed E-state index contributed by atoms with van der Waals surface area (Å²) in [6, 6.07) is 4.57. The highest BCUT2D eigenvalue weighted by molar-refractivity contribution is 14.0. The Hall–Kier alpha value is -1.85. The van der Waals surface area contributed by atoms with Gasteiger partial charge in [-0.2, -0.15) is 8.78 Å². The molecule has 26 heavy (non-hydrogen) atoms. The highest BCUT2D eigenvalue weighted by atomic mass is 127. The van der Waals surface area contributed by atoms with Gasteiger partial charge in [-0.1, -0.05) is 0 Å². The van der Waals surface area contributed by atoms with Crippen LogP contribution in [0.4, 0.5) is 8.78 Å². The number of carbonyl (C=O) groups excluding carboxylic acids is 1. The van der Waals surface area contributed by atoms with Crippen molar-refractivity contribution in [2.24, 2.45) is 4.99 Å². The summed E-state index contributed by atoms with van der Waals surface area (Å²) in [5.74, 6) is 1.01. The summed E-state index contributed by atoms with van der Waals surface area (Å²) in [5, 5.41) is 5.97. The number of hydrogen-bond acceptors (Lipinski definition) is 4. The van der Waals surface area contributed by atoms with E-state index in [4.69, 9.17) is 4.74 Å². The van der Waals surface area contributed by atoms with Crippen LogP contribution < -0.4 is 20.1 Å². The molecule has 0 saturated heterocycles. The molecule has 0 fully saturated rings. The van der Waals surface area contributed by atoms with Gasteiger partial charge in [-0.05, 0) is 18.2 Å². The fourth-order valence-corrected chi connectivity index (χ4v) is 1.94. The van der Waals surface area contributed by atoms with Gasteiger partial charge in [0.2, 0.25) is 5.91 Å². The van der Waals surface area contributed by atoms with Crippen molar-refractivity contribution in [2.75, 3.05) is 34.8 Å². The monoisotopic (exact) mass is 486 g/mol. The lowest BCUT2D eigenvalue weighted by molar-refractivity contribution is -0.128. The molecule has 1 amide bonds. The number of carbonyl (C=O) groups is 1. The van der Waals surface area contributed by atoms with Crippen LogP contribution in [0.1, 0.15) is 12.0 Å². The van der Waals surface area contributed by atoms with Crippen LogP contribution in [0.25, 0.3) is 0 Å². The van der Waals surface area contributed by atoms with Crippen LogP contribution >= 0.6 is 24.0 Å². The Balaban J connectivity index is 0.00000625. The topological polar surface area (TPSA) is 75.2 Å². The standard InChI is InChI=1S/C16H24F2N4O3.HI/c1-19-16(20-8-7-14(23)22(2)3)21-10-11-9-12(24-4)5-6-13(11)25-15(17)18;/h5-6,9,15H,7-8,10H2,1-4H3,(H2,19,20,21);1H. The Bertz CT molecular complexity index is 601. The molecule has 2 N–H and O–H groups in total. The molecule has 1 aromatic carbocycles. The number of ether oxygens (including phenoxy) is 2. The van der Waals surface area contributed by atoms with Crippen LogP contribution in [0.2, 0.25) is 0 Å². The normalized spacial score (nSPS) is 10.8.